The predicted octanol–water partition coefficient (Wildman–Crippen LogP) is -1.45. The minimum Gasteiger partial charge on any atom is -0.370 e. The lowest BCUT2D eigenvalue weighted by atomic mass is 10.4. The number of H-pyrrole nitrogens is 1. The molecule has 0 bridgehead atoms. The largest absolute Gasteiger partial charge is 0.370 e. The highest BCUT2D eigenvalue weighted by molar-refractivity contribution is 5.73. The first-order chi connectivity index (χ1) is 6.50. The molecule has 0 radical (unpaired) electrons. The SMILES string of the molecule is NC(=O)CCn1cc(F)c(=O)[nH]c1=O. The van der Waals surface area contributed by atoms with E-state index in [4.69, 9.17) is 5.73 Å². The number of hydrogen-bond acceptors (Lipinski definition) is 3. The lowest BCUT2D eigenvalue weighted by Crippen LogP contribution is -2.32. The summed E-state index contributed by atoms with van der Waals surface area (Å²) >= 11 is 0. The number of nitrogens with one attached hydrogen (secondary N) is 1. The number of nitrogens with two attached hydrogens (primary N) is 1. The molecule has 0 aliphatic rings. The number of carbonyl (C=O) groups is 1. The first-order valence-corrected chi connectivity index (χ1v) is 3.78. The molecule has 0 unspecified atom stereocenters. The number of nitrogens with zero attached hydrogens (tertiary/aromatic N) is 1. The van der Waals surface area contributed by atoms with E-state index in [0.717, 1.165) is 10.8 Å². The van der Waals surface area contributed by atoms with Gasteiger partial charge in [0, 0.05) is 13.0 Å². The number of aromatic nitrogens is 2. The smallest absolute Gasteiger partial charge is 0.328 e. The van der Waals surface area contributed by atoms with E-state index in [1.807, 2.05) is 0 Å². The maximum atomic E-state index is 12.7. The number of hydrogen-bond donors (Lipinski definition) is 2. The molecular weight excluding hydrogens is 193 g/mol. The average molecular weight is 201 g/mol. The second kappa shape index (κ2) is 3.86. The molecule has 6 nitrogen and oxygen atoms in total. The van der Waals surface area contributed by atoms with Crippen LogP contribution in [0.5, 0.6) is 0 Å². The van der Waals surface area contributed by atoms with Crippen LogP contribution in [0, 0.1) is 5.82 Å². The zero-order valence-electron chi connectivity index (χ0n) is 7.12. The Balaban J connectivity index is 2.99. The van der Waals surface area contributed by atoms with Crippen LogP contribution in [0.3, 0.4) is 0 Å². The molecule has 76 valence electrons. The van der Waals surface area contributed by atoms with Crippen molar-refractivity contribution in [3.63, 3.8) is 0 Å². The van der Waals surface area contributed by atoms with Gasteiger partial charge in [0.2, 0.25) is 11.7 Å². The van der Waals surface area contributed by atoms with Crippen molar-refractivity contribution < 1.29 is 9.18 Å². The molecule has 1 aromatic rings. The van der Waals surface area contributed by atoms with E-state index < -0.39 is 23.0 Å². The van der Waals surface area contributed by atoms with Crippen LogP contribution in [0.4, 0.5) is 4.39 Å². The van der Waals surface area contributed by atoms with Crippen molar-refractivity contribution in [3.8, 4) is 0 Å². The van der Waals surface area contributed by atoms with E-state index in [1.165, 1.54) is 0 Å². The zero-order valence-corrected chi connectivity index (χ0v) is 7.12. The second-order valence-electron chi connectivity index (χ2n) is 2.65. The monoisotopic (exact) mass is 201 g/mol. The molecule has 0 fully saturated rings. The van der Waals surface area contributed by atoms with Crippen molar-refractivity contribution in [3.05, 3.63) is 32.9 Å². The lowest BCUT2D eigenvalue weighted by Gasteiger charge is -2.01. The lowest BCUT2D eigenvalue weighted by molar-refractivity contribution is -0.118. The molecule has 0 aliphatic heterocycles. The summed E-state index contributed by atoms with van der Waals surface area (Å²) in [5.74, 6) is -1.68. The zero-order chi connectivity index (χ0) is 10.7. The van der Waals surface area contributed by atoms with E-state index in [-0.39, 0.29) is 13.0 Å². The van der Waals surface area contributed by atoms with Gasteiger partial charge in [-0.25, -0.2) is 4.79 Å². The Morgan fingerprint density at radius 3 is 2.79 bits per heavy atom. The van der Waals surface area contributed by atoms with Gasteiger partial charge in [0.1, 0.15) is 0 Å². The van der Waals surface area contributed by atoms with Gasteiger partial charge in [0.25, 0.3) is 5.56 Å². The molecule has 7 heteroatoms. The molecule has 0 aromatic carbocycles. The third-order valence-corrected chi connectivity index (χ3v) is 1.57. The highest BCUT2D eigenvalue weighted by Crippen LogP contribution is 1.87. The molecular formula is C7H8FN3O3. The molecule has 0 spiro atoms. The van der Waals surface area contributed by atoms with E-state index in [9.17, 15) is 18.8 Å². The normalized spacial score (nSPS) is 10.1. The van der Waals surface area contributed by atoms with Gasteiger partial charge < -0.3 is 5.73 Å². The third-order valence-electron chi connectivity index (χ3n) is 1.57. The summed E-state index contributed by atoms with van der Waals surface area (Å²) in [5, 5.41) is 0. The van der Waals surface area contributed by atoms with E-state index in [1.54, 1.807) is 4.98 Å². The van der Waals surface area contributed by atoms with Gasteiger partial charge in [0.05, 0.1) is 6.20 Å². The Morgan fingerprint density at radius 1 is 1.57 bits per heavy atom. The summed E-state index contributed by atoms with van der Waals surface area (Å²) in [5.41, 5.74) is 2.99. The van der Waals surface area contributed by atoms with Gasteiger partial charge in [-0.2, -0.15) is 4.39 Å². The summed E-state index contributed by atoms with van der Waals surface area (Å²) in [6, 6.07) is 0. The molecule has 0 aliphatic carbocycles. The number of carbonyl (C=O) groups excluding carboxylic acids is 1. The van der Waals surface area contributed by atoms with Crippen molar-refractivity contribution in [2.45, 2.75) is 13.0 Å². The first kappa shape index (κ1) is 10.2. The quantitative estimate of drug-likeness (QED) is 0.626. The van der Waals surface area contributed by atoms with Gasteiger partial charge in [-0.1, -0.05) is 0 Å². The molecule has 1 amide bonds. The summed E-state index contributed by atoms with van der Waals surface area (Å²) in [6.07, 6.45) is 0.648. The Hall–Kier alpha value is -1.92. The maximum absolute atomic E-state index is 12.7. The fourth-order valence-electron chi connectivity index (χ4n) is 0.879. The Bertz CT molecular complexity index is 462. The maximum Gasteiger partial charge on any atom is 0.328 e. The van der Waals surface area contributed by atoms with E-state index in [2.05, 4.69) is 0 Å². The average Bonchev–Trinajstić information content (AvgIpc) is 2.09. The summed E-state index contributed by atoms with van der Waals surface area (Å²) < 4.78 is 13.5. The highest BCUT2D eigenvalue weighted by Gasteiger charge is 2.04. The van der Waals surface area contributed by atoms with Gasteiger partial charge in [0.15, 0.2) is 0 Å². The van der Waals surface area contributed by atoms with Gasteiger partial charge in [-0.15, -0.1) is 0 Å². The van der Waals surface area contributed by atoms with Crippen molar-refractivity contribution >= 4 is 5.91 Å². The molecule has 1 rings (SSSR count). The van der Waals surface area contributed by atoms with E-state index >= 15 is 0 Å². The first-order valence-electron chi connectivity index (χ1n) is 3.78. The van der Waals surface area contributed by atoms with Crippen LogP contribution in [-0.4, -0.2) is 15.5 Å². The molecule has 0 saturated carbocycles. The van der Waals surface area contributed by atoms with Gasteiger partial charge >= 0.3 is 5.69 Å². The fourth-order valence-corrected chi connectivity index (χ4v) is 0.879. The van der Waals surface area contributed by atoms with Crippen LogP contribution in [0.15, 0.2) is 15.8 Å². The summed E-state index contributed by atoms with van der Waals surface area (Å²) in [6.45, 7) is -0.0537. The number of aromatic amines is 1. The standard InChI is InChI=1S/C7H8FN3O3/c8-4-3-11(2-1-5(9)12)7(14)10-6(4)13/h3H,1-2H2,(H2,9,12)(H,10,13,14). The summed E-state index contributed by atoms with van der Waals surface area (Å²) in [4.78, 5) is 33.7. The van der Waals surface area contributed by atoms with Crippen molar-refractivity contribution in [1.29, 1.82) is 0 Å². The van der Waals surface area contributed by atoms with Crippen LogP contribution >= 0.6 is 0 Å². The Kier molecular flexibility index (Phi) is 2.80. The van der Waals surface area contributed by atoms with Crippen molar-refractivity contribution in [1.82, 2.24) is 9.55 Å². The van der Waals surface area contributed by atoms with Gasteiger partial charge in [-0.05, 0) is 0 Å². The van der Waals surface area contributed by atoms with E-state index in [0.29, 0.717) is 0 Å². The van der Waals surface area contributed by atoms with Crippen molar-refractivity contribution in [2.75, 3.05) is 0 Å². The van der Waals surface area contributed by atoms with Crippen molar-refractivity contribution in [2.24, 2.45) is 5.73 Å². The second-order valence-corrected chi connectivity index (χ2v) is 2.65. The molecule has 14 heavy (non-hydrogen) atoms. The number of amides is 1. The predicted molar refractivity (Wildman–Crippen MR) is 45.1 cm³/mol. The molecule has 0 atom stereocenters. The Morgan fingerprint density at radius 2 is 2.21 bits per heavy atom. The topological polar surface area (TPSA) is 97.9 Å². The van der Waals surface area contributed by atoms with Crippen LogP contribution in [0.2, 0.25) is 0 Å². The Labute approximate surface area is 77.2 Å². The number of rotatable bonds is 3. The molecule has 0 saturated heterocycles. The van der Waals surface area contributed by atoms with Crippen LogP contribution in [-0.2, 0) is 11.3 Å². The van der Waals surface area contributed by atoms with Crippen LogP contribution in [0.25, 0.3) is 0 Å². The molecule has 3 N–H and O–H groups in total. The number of primary amides is 1. The minimum atomic E-state index is -1.08. The number of aryl methyl sites for hydroxylation is 1. The summed E-state index contributed by atoms with van der Waals surface area (Å²) in [7, 11) is 0. The minimum absolute atomic E-state index is 0.0537. The fraction of sp³-hybridized carbons (Fsp3) is 0.286. The molecule has 1 heterocycles. The van der Waals surface area contributed by atoms with Gasteiger partial charge in [-0.3, -0.25) is 19.1 Å². The number of halogens is 1. The van der Waals surface area contributed by atoms with Crippen LogP contribution < -0.4 is 17.0 Å². The molecule has 1 aromatic heterocycles. The third kappa shape index (κ3) is 2.28. The van der Waals surface area contributed by atoms with Crippen LogP contribution in [0.1, 0.15) is 6.42 Å². The highest BCUT2D eigenvalue weighted by atomic mass is 19.1.